The smallest absolute Gasteiger partial charge is 0.188 e. The van der Waals surface area contributed by atoms with Crippen molar-refractivity contribution in [2.45, 2.75) is 20.8 Å². The summed E-state index contributed by atoms with van der Waals surface area (Å²) in [4.78, 5) is 11.6. The maximum Gasteiger partial charge on any atom is 0.188 e. The molecule has 0 aliphatic rings. The lowest BCUT2D eigenvalue weighted by molar-refractivity contribution is 0.0497. The molecule has 0 fully saturated rings. The van der Waals surface area contributed by atoms with Gasteiger partial charge in [0, 0.05) is 18.2 Å². The maximum atomic E-state index is 11.6. The van der Waals surface area contributed by atoms with E-state index in [1.165, 1.54) is 21.1 Å². The molecule has 0 saturated carbocycles. The highest BCUT2D eigenvalue weighted by Crippen LogP contribution is 2.42. The molecule has 1 N–H and O–H groups in total. The summed E-state index contributed by atoms with van der Waals surface area (Å²) in [5, 5.41) is 10.1. The molecule has 5 heteroatoms. The van der Waals surface area contributed by atoms with Gasteiger partial charge in [-0.05, 0) is 20.8 Å². The van der Waals surface area contributed by atoms with Crippen LogP contribution >= 0.6 is 0 Å². The minimum absolute atomic E-state index is 0.0592. The van der Waals surface area contributed by atoms with Crippen LogP contribution in [0.25, 0.3) is 0 Å². The molecule has 1 aromatic rings. The first-order valence-electron chi connectivity index (χ1n) is 5.48. The highest BCUT2D eigenvalue weighted by atomic mass is 16.7. The van der Waals surface area contributed by atoms with Gasteiger partial charge >= 0.3 is 0 Å². The molecule has 0 amide bonds. The van der Waals surface area contributed by atoms with Crippen LogP contribution in [0.3, 0.4) is 0 Å². The highest BCUT2D eigenvalue weighted by Gasteiger charge is 2.23. The molecule has 1 aromatic carbocycles. The van der Waals surface area contributed by atoms with Crippen molar-refractivity contribution in [1.82, 2.24) is 0 Å². The molecule has 1 rings (SSSR count). The monoisotopic (exact) mass is 254 g/mol. The van der Waals surface area contributed by atoms with Crippen LogP contribution in [0.1, 0.15) is 28.4 Å². The highest BCUT2D eigenvalue weighted by molar-refractivity contribution is 6.01. The molecule has 0 aliphatic heterocycles. The lowest BCUT2D eigenvalue weighted by atomic mass is 9.99. The number of hydrogen-bond acceptors (Lipinski definition) is 5. The SMILES string of the molecule is COCOc1c(C)c(O)c(C(C)=O)c(OC)c1C. The van der Waals surface area contributed by atoms with Gasteiger partial charge in [-0.15, -0.1) is 0 Å². The van der Waals surface area contributed by atoms with Crippen molar-refractivity contribution in [3.8, 4) is 17.2 Å². The first kappa shape index (κ1) is 14.3. The number of carbonyl (C=O) groups excluding carboxylic acids is 1. The molecule has 0 spiro atoms. The molecule has 0 heterocycles. The Morgan fingerprint density at radius 2 is 1.78 bits per heavy atom. The molecule has 0 aromatic heterocycles. The Hall–Kier alpha value is -1.75. The van der Waals surface area contributed by atoms with Crippen LogP contribution in [-0.2, 0) is 4.74 Å². The molecule has 0 bridgehead atoms. The minimum Gasteiger partial charge on any atom is -0.507 e. The van der Waals surface area contributed by atoms with Crippen molar-refractivity contribution in [3.05, 3.63) is 16.7 Å². The number of aromatic hydroxyl groups is 1. The van der Waals surface area contributed by atoms with E-state index in [9.17, 15) is 9.90 Å². The van der Waals surface area contributed by atoms with Gasteiger partial charge in [0.05, 0.1) is 7.11 Å². The molecule has 18 heavy (non-hydrogen) atoms. The summed E-state index contributed by atoms with van der Waals surface area (Å²) in [5.41, 5.74) is 1.34. The molecule has 0 unspecified atom stereocenters. The zero-order valence-corrected chi connectivity index (χ0v) is 11.3. The third kappa shape index (κ3) is 2.41. The number of carbonyl (C=O) groups is 1. The summed E-state index contributed by atoms with van der Waals surface area (Å²) >= 11 is 0. The van der Waals surface area contributed by atoms with Gasteiger partial charge < -0.3 is 19.3 Å². The number of phenolic OH excluding ortho intramolecular Hbond substituents is 1. The van der Waals surface area contributed by atoms with Crippen molar-refractivity contribution >= 4 is 5.78 Å². The van der Waals surface area contributed by atoms with Crippen LogP contribution in [0.5, 0.6) is 17.2 Å². The second-order valence-corrected chi connectivity index (χ2v) is 3.94. The number of phenols is 1. The maximum absolute atomic E-state index is 11.6. The fourth-order valence-electron chi connectivity index (χ4n) is 1.89. The van der Waals surface area contributed by atoms with E-state index in [2.05, 4.69) is 0 Å². The van der Waals surface area contributed by atoms with E-state index < -0.39 is 0 Å². The third-order valence-corrected chi connectivity index (χ3v) is 2.72. The Labute approximate surface area is 106 Å². The van der Waals surface area contributed by atoms with E-state index in [0.29, 0.717) is 22.6 Å². The molecule has 5 nitrogen and oxygen atoms in total. The minimum atomic E-state index is -0.256. The number of Topliss-reactive ketones (excluding diaryl/α,β-unsaturated/α-hetero) is 1. The van der Waals surface area contributed by atoms with Gasteiger partial charge in [0.15, 0.2) is 12.6 Å². The number of benzene rings is 1. The Bertz CT molecular complexity index is 465. The topological polar surface area (TPSA) is 65.0 Å². The van der Waals surface area contributed by atoms with E-state index in [1.54, 1.807) is 13.8 Å². The molecular weight excluding hydrogens is 236 g/mol. The summed E-state index contributed by atoms with van der Waals surface area (Å²) in [5.74, 6) is 0.429. The van der Waals surface area contributed by atoms with E-state index in [0.717, 1.165) is 0 Å². The predicted octanol–water partition coefficient (Wildman–Crippen LogP) is 2.20. The van der Waals surface area contributed by atoms with E-state index in [-0.39, 0.29) is 23.9 Å². The average Bonchev–Trinajstić information content (AvgIpc) is 2.33. The van der Waals surface area contributed by atoms with Gasteiger partial charge in [-0.25, -0.2) is 0 Å². The lowest BCUT2D eigenvalue weighted by Crippen LogP contribution is -2.07. The van der Waals surface area contributed by atoms with Crippen LogP contribution in [0, 0.1) is 13.8 Å². The largest absolute Gasteiger partial charge is 0.507 e. The summed E-state index contributed by atoms with van der Waals surface area (Å²) in [6, 6.07) is 0. The Morgan fingerprint density at radius 3 is 2.22 bits per heavy atom. The van der Waals surface area contributed by atoms with Gasteiger partial charge in [-0.2, -0.15) is 0 Å². The number of methoxy groups -OCH3 is 2. The Kier molecular flexibility index (Phi) is 4.55. The quantitative estimate of drug-likeness (QED) is 0.644. The summed E-state index contributed by atoms with van der Waals surface area (Å²) in [6.07, 6.45) is 0. The van der Waals surface area contributed by atoms with Crippen molar-refractivity contribution in [3.63, 3.8) is 0 Å². The van der Waals surface area contributed by atoms with Crippen LogP contribution in [0.2, 0.25) is 0 Å². The van der Waals surface area contributed by atoms with E-state index >= 15 is 0 Å². The number of ether oxygens (including phenoxy) is 3. The summed E-state index contributed by atoms with van der Waals surface area (Å²) in [7, 11) is 2.95. The standard InChI is InChI=1S/C13H18O5/c1-7-11(15)10(9(3)14)13(17-5)8(2)12(7)18-6-16-4/h15H,6H2,1-5H3. The fraction of sp³-hybridized carbons (Fsp3) is 0.462. The van der Waals surface area contributed by atoms with Gasteiger partial charge in [0.2, 0.25) is 0 Å². The normalized spacial score (nSPS) is 10.3. The van der Waals surface area contributed by atoms with E-state index in [4.69, 9.17) is 14.2 Å². The number of rotatable bonds is 5. The zero-order chi connectivity index (χ0) is 13.9. The first-order chi connectivity index (χ1) is 8.45. The Balaban J connectivity index is 3.49. The second-order valence-electron chi connectivity index (χ2n) is 3.94. The van der Waals surface area contributed by atoms with Gasteiger partial charge in [0.25, 0.3) is 0 Å². The van der Waals surface area contributed by atoms with E-state index in [1.807, 2.05) is 0 Å². The molecule has 0 aliphatic carbocycles. The summed E-state index contributed by atoms with van der Waals surface area (Å²) in [6.45, 7) is 4.89. The van der Waals surface area contributed by atoms with Crippen LogP contribution in [0.4, 0.5) is 0 Å². The van der Waals surface area contributed by atoms with Crippen LogP contribution in [0.15, 0.2) is 0 Å². The number of hydrogen-bond donors (Lipinski definition) is 1. The summed E-state index contributed by atoms with van der Waals surface area (Å²) < 4.78 is 15.4. The van der Waals surface area contributed by atoms with Crippen molar-refractivity contribution in [1.29, 1.82) is 0 Å². The van der Waals surface area contributed by atoms with Gasteiger partial charge in [-0.1, -0.05) is 0 Å². The lowest BCUT2D eigenvalue weighted by Gasteiger charge is -2.18. The molecule has 100 valence electrons. The van der Waals surface area contributed by atoms with Crippen molar-refractivity contribution < 1.29 is 24.1 Å². The third-order valence-electron chi connectivity index (χ3n) is 2.72. The first-order valence-corrected chi connectivity index (χ1v) is 5.48. The molecule has 0 saturated heterocycles. The van der Waals surface area contributed by atoms with Gasteiger partial charge in [0.1, 0.15) is 22.8 Å². The fourth-order valence-corrected chi connectivity index (χ4v) is 1.89. The van der Waals surface area contributed by atoms with Gasteiger partial charge in [-0.3, -0.25) is 4.79 Å². The Morgan fingerprint density at radius 1 is 1.17 bits per heavy atom. The van der Waals surface area contributed by atoms with Crippen LogP contribution in [-0.4, -0.2) is 31.9 Å². The average molecular weight is 254 g/mol. The predicted molar refractivity (Wildman–Crippen MR) is 66.6 cm³/mol. The number of ketones is 1. The molecule has 0 radical (unpaired) electrons. The van der Waals surface area contributed by atoms with Crippen LogP contribution < -0.4 is 9.47 Å². The van der Waals surface area contributed by atoms with Crippen molar-refractivity contribution in [2.75, 3.05) is 21.0 Å². The second kappa shape index (κ2) is 5.73. The molecular formula is C13H18O5. The molecule has 0 atom stereocenters. The zero-order valence-electron chi connectivity index (χ0n) is 11.3. The van der Waals surface area contributed by atoms with Crippen molar-refractivity contribution in [2.24, 2.45) is 0 Å².